The molecule has 0 aromatic carbocycles. The van der Waals surface area contributed by atoms with Crippen LogP contribution in [-0.4, -0.2) is 22.3 Å². The van der Waals surface area contributed by atoms with Gasteiger partial charge in [0.2, 0.25) is 5.82 Å². The summed E-state index contributed by atoms with van der Waals surface area (Å²) in [7, 11) is 1.18. The van der Waals surface area contributed by atoms with Gasteiger partial charge in [0.25, 0.3) is 0 Å². The third kappa shape index (κ3) is 1.60. The van der Waals surface area contributed by atoms with Crippen LogP contribution in [0.5, 0.6) is 6.01 Å². The molecule has 0 bridgehead atoms. The van der Waals surface area contributed by atoms with Gasteiger partial charge in [-0.2, -0.15) is 18.2 Å². The highest BCUT2D eigenvalue weighted by Crippen LogP contribution is 2.26. The van der Waals surface area contributed by atoms with E-state index in [1.165, 1.54) is 7.11 Å². The first-order valence-electron chi connectivity index (χ1n) is 2.57. The van der Waals surface area contributed by atoms with Gasteiger partial charge in [-0.15, -0.1) is 5.10 Å². The molecule has 0 radical (unpaired) electrons. The lowest BCUT2D eigenvalue weighted by atomic mass is 10.6. The maximum atomic E-state index is 11.7. The van der Waals surface area contributed by atoms with Crippen molar-refractivity contribution in [3.8, 4) is 6.01 Å². The number of hydrogen-bond donors (Lipinski definition) is 1. The van der Waals surface area contributed by atoms with E-state index in [-0.39, 0.29) is 6.01 Å². The second-order valence-electron chi connectivity index (χ2n) is 1.67. The molecule has 1 aromatic rings. The van der Waals surface area contributed by atoms with Gasteiger partial charge in [-0.1, -0.05) is 0 Å². The molecule has 62 valence electrons. The standard InChI is InChI=1S/C4H4F3N3O/c1-11-3-8-2(9-10-3)4(5,6)7/h1H3,(H,8,9,10). The zero-order chi connectivity index (χ0) is 8.48. The highest BCUT2D eigenvalue weighted by molar-refractivity contribution is 4.97. The Labute approximate surface area is 59.4 Å². The van der Waals surface area contributed by atoms with Crippen LogP contribution in [0.1, 0.15) is 5.82 Å². The predicted molar refractivity (Wildman–Crippen MR) is 27.9 cm³/mol. The van der Waals surface area contributed by atoms with Crippen molar-refractivity contribution in [3.05, 3.63) is 5.82 Å². The molecular weight excluding hydrogens is 163 g/mol. The van der Waals surface area contributed by atoms with Crippen LogP contribution in [0, 0.1) is 0 Å². The van der Waals surface area contributed by atoms with Crippen molar-refractivity contribution in [1.29, 1.82) is 0 Å². The zero-order valence-electron chi connectivity index (χ0n) is 5.44. The second kappa shape index (κ2) is 2.40. The fourth-order valence-corrected chi connectivity index (χ4v) is 0.464. The molecule has 0 unspecified atom stereocenters. The van der Waals surface area contributed by atoms with E-state index >= 15 is 0 Å². The van der Waals surface area contributed by atoms with Crippen LogP contribution in [0.15, 0.2) is 0 Å². The van der Waals surface area contributed by atoms with Gasteiger partial charge >= 0.3 is 12.2 Å². The third-order valence-corrected chi connectivity index (χ3v) is 0.916. The third-order valence-electron chi connectivity index (χ3n) is 0.916. The molecule has 0 saturated carbocycles. The second-order valence-corrected chi connectivity index (χ2v) is 1.67. The molecule has 0 aliphatic carbocycles. The van der Waals surface area contributed by atoms with Gasteiger partial charge in [0.05, 0.1) is 7.11 Å². The minimum absolute atomic E-state index is 0.322. The monoisotopic (exact) mass is 167 g/mol. The van der Waals surface area contributed by atoms with E-state index in [1.54, 1.807) is 5.10 Å². The fourth-order valence-electron chi connectivity index (χ4n) is 0.464. The average Bonchev–Trinajstić information content (AvgIpc) is 2.32. The van der Waals surface area contributed by atoms with Gasteiger partial charge in [-0.3, -0.25) is 5.10 Å². The molecule has 1 N–H and O–H groups in total. The topological polar surface area (TPSA) is 50.8 Å². The van der Waals surface area contributed by atoms with E-state index in [2.05, 4.69) is 14.8 Å². The predicted octanol–water partition coefficient (Wildman–Crippen LogP) is 0.832. The summed E-state index contributed by atoms with van der Waals surface area (Å²) in [5.74, 6) is -1.16. The number of rotatable bonds is 1. The van der Waals surface area contributed by atoms with Crippen LogP contribution < -0.4 is 4.74 Å². The zero-order valence-corrected chi connectivity index (χ0v) is 5.44. The van der Waals surface area contributed by atoms with Crippen molar-refractivity contribution >= 4 is 0 Å². The molecule has 0 fully saturated rings. The maximum Gasteiger partial charge on any atom is 0.451 e. The first kappa shape index (κ1) is 7.83. The number of halogens is 3. The van der Waals surface area contributed by atoms with E-state index in [4.69, 9.17) is 0 Å². The van der Waals surface area contributed by atoms with Crippen LogP contribution in [0.3, 0.4) is 0 Å². The lowest BCUT2D eigenvalue weighted by Gasteiger charge is -1.97. The van der Waals surface area contributed by atoms with Crippen molar-refractivity contribution < 1.29 is 17.9 Å². The van der Waals surface area contributed by atoms with Crippen LogP contribution in [0.4, 0.5) is 13.2 Å². The van der Waals surface area contributed by atoms with Gasteiger partial charge in [-0.25, -0.2) is 0 Å². The van der Waals surface area contributed by atoms with Gasteiger partial charge in [0.15, 0.2) is 0 Å². The summed E-state index contributed by atoms with van der Waals surface area (Å²) in [6, 6.07) is -0.322. The fraction of sp³-hybridized carbons (Fsp3) is 0.500. The van der Waals surface area contributed by atoms with E-state index < -0.39 is 12.0 Å². The molecule has 0 atom stereocenters. The van der Waals surface area contributed by atoms with Crippen molar-refractivity contribution in [1.82, 2.24) is 15.2 Å². The van der Waals surface area contributed by atoms with Crippen molar-refractivity contribution in [3.63, 3.8) is 0 Å². The molecule has 0 aliphatic rings. The molecule has 11 heavy (non-hydrogen) atoms. The lowest BCUT2D eigenvalue weighted by Crippen LogP contribution is -2.07. The highest BCUT2D eigenvalue weighted by atomic mass is 19.4. The molecule has 1 rings (SSSR count). The number of alkyl halides is 3. The normalized spacial score (nSPS) is 11.6. The van der Waals surface area contributed by atoms with Gasteiger partial charge in [0.1, 0.15) is 0 Å². The largest absolute Gasteiger partial charge is 0.466 e. The Bertz CT molecular complexity index is 243. The Morgan fingerprint density at radius 3 is 2.36 bits per heavy atom. The molecule has 0 saturated heterocycles. The summed E-state index contributed by atoms with van der Waals surface area (Å²) in [6.45, 7) is 0. The summed E-state index contributed by atoms with van der Waals surface area (Å²) in [5.41, 5.74) is 0. The lowest BCUT2D eigenvalue weighted by molar-refractivity contribution is -0.144. The Hall–Kier alpha value is -1.27. The Kier molecular flexibility index (Phi) is 1.71. The molecular formula is C4H4F3N3O. The van der Waals surface area contributed by atoms with Gasteiger partial charge in [0, 0.05) is 0 Å². The molecule has 0 amide bonds. The highest BCUT2D eigenvalue weighted by Gasteiger charge is 2.35. The summed E-state index contributed by atoms with van der Waals surface area (Å²) < 4.78 is 39.6. The Morgan fingerprint density at radius 1 is 1.45 bits per heavy atom. The number of aromatic amines is 1. The van der Waals surface area contributed by atoms with Crippen LogP contribution >= 0.6 is 0 Å². The van der Waals surface area contributed by atoms with Crippen LogP contribution in [0.25, 0.3) is 0 Å². The van der Waals surface area contributed by atoms with Crippen LogP contribution in [-0.2, 0) is 6.18 Å². The summed E-state index contributed by atoms with van der Waals surface area (Å²) in [4.78, 5) is 2.99. The van der Waals surface area contributed by atoms with E-state index in [0.717, 1.165) is 0 Å². The maximum absolute atomic E-state index is 11.7. The smallest absolute Gasteiger partial charge is 0.451 e. The summed E-state index contributed by atoms with van der Waals surface area (Å²) >= 11 is 0. The molecule has 1 aromatic heterocycles. The molecule has 0 aliphatic heterocycles. The SMILES string of the molecule is COc1n[nH]c(C(F)(F)F)n1. The van der Waals surface area contributed by atoms with Crippen molar-refractivity contribution in [2.45, 2.75) is 6.18 Å². The molecule has 4 nitrogen and oxygen atoms in total. The summed E-state index contributed by atoms with van der Waals surface area (Å²) in [5, 5.41) is 4.81. The first-order chi connectivity index (χ1) is 5.04. The minimum Gasteiger partial charge on any atom is -0.466 e. The number of H-pyrrole nitrogens is 1. The molecule has 7 heteroatoms. The van der Waals surface area contributed by atoms with E-state index in [1.807, 2.05) is 0 Å². The minimum atomic E-state index is -4.50. The van der Waals surface area contributed by atoms with Crippen molar-refractivity contribution in [2.24, 2.45) is 0 Å². The number of nitrogens with zero attached hydrogens (tertiary/aromatic N) is 2. The van der Waals surface area contributed by atoms with Gasteiger partial charge in [-0.05, 0) is 0 Å². The Morgan fingerprint density at radius 2 is 2.09 bits per heavy atom. The first-order valence-corrected chi connectivity index (χ1v) is 2.57. The molecule has 0 spiro atoms. The number of aromatic nitrogens is 3. The van der Waals surface area contributed by atoms with E-state index in [9.17, 15) is 13.2 Å². The number of ether oxygens (including phenoxy) is 1. The number of hydrogen-bond acceptors (Lipinski definition) is 3. The van der Waals surface area contributed by atoms with Crippen molar-refractivity contribution in [2.75, 3.05) is 7.11 Å². The van der Waals surface area contributed by atoms with Gasteiger partial charge < -0.3 is 4.74 Å². The molecule has 1 heterocycles. The van der Waals surface area contributed by atoms with Crippen LogP contribution in [0.2, 0.25) is 0 Å². The summed E-state index contributed by atoms with van der Waals surface area (Å²) in [6.07, 6.45) is -4.50. The average molecular weight is 167 g/mol. The number of methoxy groups -OCH3 is 1. The Balaban J connectivity index is 2.89. The quantitative estimate of drug-likeness (QED) is 0.673. The van der Waals surface area contributed by atoms with E-state index in [0.29, 0.717) is 0 Å². The number of nitrogens with one attached hydrogen (secondary N) is 1.